The molecular weight excluding hydrogens is 418 g/mol. The van der Waals surface area contributed by atoms with Crippen molar-refractivity contribution in [2.45, 2.75) is 32.1 Å². The van der Waals surface area contributed by atoms with Crippen LogP contribution in [0.15, 0.2) is 85.1 Å². The normalized spacial score (nSPS) is 14.5. The summed E-state index contributed by atoms with van der Waals surface area (Å²) in [6, 6.07) is 27.1. The van der Waals surface area contributed by atoms with Gasteiger partial charge in [-0.3, -0.25) is 0 Å². The number of fused-ring (bicyclic) bond motifs is 1. The molecule has 0 radical (unpaired) electrons. The van der Waals surface area contributed by atoms with Crippen molar-refractivity contribution in [2.75, 3.05) is 6.61 Å². The number of benzene rings is 3. The highest BCUT2D eigenvalue weighted by molar-refractivity contribution is 5.98. The average Bonchev–Trinajstić information content (AvgIpc) is 3.54. The molecule has 6 rings (SSSR count). The molecule has 0 aliphatic heterocycles. The Morgan fingerprint density at radius 1 is 0.794 bits per heavy atom. The van der Waals surface area contributed by atoms with Gasteiger partial charge in [-0.05, 0) is 49.1 Å². The van der Waals surface area contributed by atoms with E-state index in [1.54, 1.807) is 0 Å². The van der Waals surface area contributed by atoms with Gasteiger partial charge in [-0.1, -0.05) is 67.8 Å². The Bertz CT molecular complexity index is 1380. The monoisotopic (exact) mass is 447 g/mol. The molecule has 1 aliphatic rings. The predicted octanol–water partition coefficient (Wildman–Crippen LogP) is 7.85. The maximum absolute atomic E-state index is 6.14. The maximum Gasteiger partial charge on any atom is 0.138 e. The number of aromatic nitrogens is 3. The fraction of sp³-hybridized carbons (Fsp3) is 0.233. The van der Waals surface area contributed by atoms with Gasteiger partial charge in [0, 0.05) is 33.8 Å². The number of aromatic amines is 2. The molecule has 2 aromatic heterocycles. The van der Waals surface area contributed by atoms with Crippen LogP contribution in [0, 0.1) is 5.92 Å². The molecule has 2 N–H and O–H groups in total. The van der Waals surface area contributed by atoms with E-state index in [0.717, 1.165) is 51.8 Å². The van der Waals surface area contributed by atoms with Crippen molar-refractivity contribution in [2.24, 2.45) is 5.92 Å². The molecule has 0 atom stereocenters. The number of ether oxygens (including phenoxy) is 1. The number of nitrogens with zero attached hydrogens (tertiary/aromatic N) is 1. The van der Waals surface area contributed by atoms with Gasteiger partial charge in [-0.25, -0.2) is 4.98 Å². The van der Waals surface area contributed by atoms with Gasteiger partial charge in [0.15, 0.2) is 0 Å². The van der Waals surface area contributed by atoms with Crippen molar-refractivity contribution in [1.82, 2.24) is 15.0 Å². The standard InChI is InChI=1S/C30H29N3O/c1-3-9-21(10-4-1)20-34-24-17-15-22(16-18-24)28-29(26-19-31-27-14-8-7-13-25(26)27)33-30(32-28)23-11-5-2-6-12-23/h2,5-8,11-19,21,31H,1,3-4,9-10,20H2,(H,32,33). The molecule has 0 bridgehead atoms. The first kappa shape index (κ1) is 20.8. The molecule has 0 saturated heterocycles. The third-order valence-corrected chi connectivity index (χ3v) is 6.95. The van der Waals surface area contributed by atoms with E-state index < -0.39 is 0 Å². The molecule has 34 heavy (non-hydrogen) atoms. The summed E-state index contributed by atoms with van der Waals surface area (Å²) in [6.07, 6.45) is 8.70. The number of imidazole rings is 1. The second kappa shape index (κ2) is 9.22. The van der Waals surface area contributed by atoms with Crippen molar-refractivity contribution in [3.05, 3.63) is 85.1 Å². The lowest BCUT2D eigenvalue weighted by molar-refractivity contribution is 0.209. The summed E-state index contributed by atoms with van der Waals surface area (Å²) in [6.45, 7) is 0.822. The van der Waals surface area contributed by atoms with E-state index >= 15 is 0 Å². The van der Waals surface area contributed by atoms with Crippen LogP contribution < -0.4 is 4.74 Å². The summed E-state index contributed by atoms with van der Waals surface area (Å²) in [5.74, 6) is 2.50. The molecule has 5 aromatic rings. The van der Waals surface area contributed by atoms with Gasteiger partial charge < -0.3 is 14.7 Å². The van der Waals surface area contributed by atoms with Crippen LogP contribution in [0.5, 0.6) is 5.75 Å². The van der Waals surface area contributed by atoms with E-state index in [-0.39, 0.29) is 0 Å². The summed E-state index contributed by atoms with van der Waals surface area (Å²) in [5, 5.41) is 1.17. The zero-order valence-corrected chi connectivity index (χ0v) is 19.3. The van der Waals surface area contributed by atoms with Crippen LogP contribution in [-0.4, -0.2) is 21.6 Å². The fourth-order valence-corrected chi connectivity index (χ4v) is 5.06. The molecule has 0 spiro atoms. The molecule has 2 heterocycles. The first-order valence-corrected chi connectivity index (χ1v) is 12.3. The van der Waals surface area contributed by atoms with Crippen LogP contribution in [0.4, 0.5) is 0 Å². The quantitative estimate of drug-likeness (QED) is 0.278. The number of H-pyrrole nitrogens is 2. The molecule has 170 valence electrons. The SMILES string of the molecule is c1ccc(-c2nc(-c3c[nH]c4ccccc34)c(-c3ccc(OCC4CCCCC4)cc3)[nH]2)cc1. The Labute approximate surface area is 200 Å². The topological polar surface area (TPSA) is 53.7 Å². The molecule has 4 nitrogen and oxygen atoms in total. The zero-order valence-electron chi connectivity index (χ0n) is 19.3. The van der Waals surface area contributed by atoms with Gasteiger partial charge in [0.1, 0.15) is 11.6 Å². The molecule has 0 unspecified atom stereocenters. The van der Waals surface area contributed by atoms with Gasteiger partial charge in [-0.2, -0.15) is 0 Å². The van der Waals surface area contributed by atoms with E-state index in [1.165, 1.54) is 37.5 Å². The van der Waals surface area contributed by atoms with Gasteiger partial charge in [-0.15, -0.1) is 0 Å². The number of rotatable bonds is 6. The van der Waals surface area contributed by atoms with Crippen LogP contribution >= 0.6 is 0 Å². The van der Waals surface area contributed by atoms with E-state index in [1.807, 2.05) is 18.2 Å². The second-order valence-electron chi connectivity index (χ2n) is 9.26. The first-order valence-electron chi connectivity index (χ1n) is 12.3. The van der Waals surface area contributed by atoms with Gasteiger partial charge in [0.25, 0.3) is 0 Å². The lowest BCUT2D eigenvalue weighted by Gasteiger charge is -2.21. The van der Waals surface area contributed by atoms with Crippen molar-refractivity contribution in [1.29, 1.82) is 0 Å². The van der Waals surface area contributed by atoms with E-state index in [4.69, 9.17) is 9.72 Å². The molecular formula is C30H29N3O. The minimum atomic E-state index is 0.697. The average molecular weight is 448 g/mol. The highest BCUT2D eigenvalue weighted by atomic mass is 16.5. The zero-order chi connectivity index (χ0) is 22.7. The summed E-state index contributed by atoms with van der Waals surface area (Å²) in [4.78, 5) is 12.1. The smallest absolute Gasteiger partial charge is 0.138 e. The minimum Gasteiger partial charge on any atom is -0.493 e. The lowest BCUT2D eigenvalue weighted by Crippen LogP contribution is -2.15. The van der Waals surface area contributed by atoms with Crippen molar-refractivity contribution in [3.63, 3.8) is 0 Å². The molecule has 0 amide bonds. The Kier molecular flexibility index (Phi) is 5.64. The third kappa shape index (κ3) is 4.12. The molecule has 4 heteroatoms. The van der Waals surface area contributed by atoms with Gasteiger partial charge >= 0.3 is 0 Å². The minimum absolute atomic E-state index is 0.697. The molecule has 1 fully saturated rings. The maximum atomic E-state index is 6.14. The number of nitrogens with one attached hydrogen (secondary N) is 2. The van der Waals surface area contributed by atoms with E-state index in [2.05, 4.69) is 76.8 Å². The molecule has 1 saturated carbocycles. The highest BCUT2D eigenvalue weighted by Crippen LogP contribution is 2.37. The van der Waals surface area contributed by atoms with Crippen LogP contribution in [0.3, 0.4) is 0 Å². The fourth-order valence-electron chi connectivity index (χ4n) is 5.06. The second-order valence-corrected chi connectivity index (χ2v) is 9.26. The Balaban J connectivity index is 1.35. The number of para-hydroxylation sites is 1. The Morgan fingerprint density at radius 3 is 2.38 bits per heavy atom. The summed E-state index contributed by atoms with van der Waals surface area (Å²) < 4.78 is 6.14. The van der Waals surface area contributed by atoms with Crippen LogP contribution in [0.1, 0.15) is 32.1 Å². The first-order chi connectivity index (χ1) is 16.8. The Morgan fingerprint density at radius 2 is 1.56 bits per heavy atom. The van der Waals surface area contributed by atoms with Gasteiger partial charge in [0.2, 0.25) is 0 Å². The Hall–Kier alpha value is -3.79. The van der Waals surface area contributed by atoms with Crippen molar-refractivity contribution < 1.29 is 4.74 Å². The highest BCUT2D eigenvalue weighted by Gasteiger charge is 2.18. The van der Waals surface area contributed by atoms with Crippen molar-refractivity contribution >= 4 is 10.9 Å². The van der Waals surface area contributed by atoms with E-state index in [9.17, 15) is 0 Å². The predicted molar refractivity (Wildman–Crippen MR) is 139 cm³/mol. The summed E-state index contributed by atoms with van der Waals surface area (Å²) in [7, 11) is 0. The lowest BCUT2D eigenvalue weighted by atomic mass is 9.90. The number of hydrogen-bond donors (Lipinski definition) is 2. The van der Waals surface area contributed by atoms with E-state index in [0.29, 0.717) is 5.92 Å². The van der Waals surface area contributed by atoms with Crippen molar-refractivity contribution in [3.8, 4) is 39.7 Å². The molecule has 3 aromatic carbocycles. The van der Waals surface area contributed by atoms with Gasteiger partial charge in [0.05, 0.1) is 18.0 Å². The van der Waals surface area contributed by atoms with Crippen LogP contribution in [0.2, 0.25) is 0 Å². The number of hydrogen-bond acceptors (Lipinski definition) is 2. The summed E-state index contributed by atoms with van der Waals surface area (Å²) in [5.41, 5.74) is 6.35. The largest absolute Gasteiger partial charge is 0.493 e. The summed E-state index contributed by atoms with van der Waals surface area (Å²) >= 11 is 0. The third-order valence-electron chi connectivity index (χ3n) is 6.95. The van der Waals surface area contributed by atoms with Crippen LogP contribution in [0.25, 0.3) is 44.8 Å². The van der Waals surface area contributed by atoms with Crippen LogP contribution in [-0.2, 0) is 0 Å². The molecule has 1 aliphatic carbocycles.